The summed E-state index contributed by atoms with van der Waals surface area (Å²) in [6, 6.07) is 12.1. The number of carbonyl (C=O) groups is 1. The average molecular weight is 341 g/mol. The summed E-state index contributed by atoms with van der Waals surface area (Å²) in [5.74, 6) is -0.0754. The van der Waals surface area contributed by atoms with Crippen LogP contribution in [0.4, 0.5) is 0 Å². The maximum atomic E-state index is 12.3. The molecule has 0 radical (unpaired) electrons. The van der Waals surface area contributed by atoms with Crippen molar-refractivity contribution in [2.24, 2.45) is 0 Å². The molecule has 3 rings (SSSR count). The highest BCUT2D eigenvalue weighted by Crippen LogP contribution is 2.17. The molecule has 1 aliphatic rings. The van der Waals surface area contributed by atoms with Crippen LogP contribution in [0.3, 0.4) is 0 Å². The number of hydrogen-bond donors (Lipinski definition) is 1. The van der Waals surface area contributed by atoms with E-state index in [2.05, 4.69) is 39.5 Å². The summed E-state index contributed by atoms with van der Waals surface area (Å²) in [6.45, 7) is 3.98. The maximum Gasteiger partial charge on any atom is 0.254 e. The van der Waals surface area contributed by atoms with Gasteiger partial charge in [0, 0.05) is 19.3 Å². The molecule has 24 heavy (non-hydrogen) atoms. The number of nitrogens with zero attached hydrogens (tertiary/aromatic N) is 2. The molecule has 4 nitrogen and oxygen atoms in total. The van der Waals surface area contributed by atoms with Gasteiger partial charge in [0.05, 0.1) is 5.56 Å². The fourth-order valence-corrected chi connectivity index (χ4v) is 3.51. The minimum Gasteiger partial charge on any atom is -0.348 e. The Bertz CT molecular complexity index is 681. The molecule has 1 fully saturated rings. The van der Waals surface area contributed by atoms with E-state index in [0.29, 0.717) is 12.1 Å². The van der Waals surface area contributed by atoms with Crippen LogP contribution in [0, 0.1) is 0 Å². The first kappa shape index (κ1) is 17.0. The zero-order valence-corrected chi connectivity index (χ0v) is 14.8. The molecule has 1 aromatic carbocycles. The highest BCUT2D eigenvalue weighted by Gasteiger charge is 2.12. The first-order valence-electron chi connectivity index (χ1n) is 8.33. The summed E-state index contributed by atoms with van der Waals surface area (Å²) in [6.07, 6.45) is 6.27. The van der Waals surface area contributed by atoms with E-state index in [9.17, 15) is 4.79 Å². The van der Waals surface area contributed by atoms with Gasteiger partial charge in [0.1, 0.15) is 5.03 Å². The van der Waals surface area contributed by atoms with Crippen LogP contribution in [0.1, 0.15) is 34.3 Å². The quantitative estimate of drug-likeness (QED) is 0.819. The van der Waals surface area contributed by atoms with Gasteiger partial charge in [0.25, 0.3) is 5.91 Å². The smallest absolute Gasteiger partial charge is 0.254 e. The van der Waals surface area contributed by atoms with E-state index in [4.69, 9.17) is 0 Å². The number of rotatable bonds is 6. The molecular formula is C19H23N3OS. The topological polar surface area (TPSA) is 45.2 Å². The molecule has 0 saturated carbocycles. The lowest BCUT2D eigenvalue weighted by Gasteiger charge is -2.14. The molecule has 0 atom stereocenters. The first-order valence-corrected chi connectivity index (χ1v) is 9.56. The molecule has 2 aromatic rings. The molecule has 1 amide bonds. The Morgan fingerprint density at radius 3 is 2.58 bits per heavy atom. The fraction of sp³-hybridized carbons (Fsp3) is 0.368. The van der Waals surface area contributed by atoms with E-state index < -0.39 is 0 Å². The highest BCUT2D eigenvalue weighted by atomic mass is 32.2. The Morgan fingerprint density at radius 1 is 1.17 bits per heavy atom. The van der Waals surface area contributed by atoms with Crippen molar-refractivity contribution in [3.63, 3.8) is 0 Å². The van der Waals surface area contributed by atoms with Crippen molar-refractivity contribution < 1.29 is 4.79 Å². The van der Waals surface area contributed by atoms with E-state index in [-0.39, 0.29) is 5.91 Å². The molecule has 1 aromatic heterocycles. The van der Waals surface area contributed by atoms with Crippen LogP contribution in [-0.2, 0) is 13.1 Å². The predicted molar refractivity (Wildman–Crippen MR) is 98.1 cm³/mol. The molecule has 2 heterocycles. The summed E-state index contributed by atoms with van der Waals surface area (Å²) in [7, 11) is 0. The second kappa shape index (κ2) is 8.31. The van der Waals surface area contributed by atoms with Gasteiger partial charge in [-0.25, -0.2) is 4.98 Å². The largest absolute Gasteiger partial charge is 0.348 e. The summed E-state index contributed by atoms with van der Waals surface area (Å²) in [4.78, 5) is 19.0. The van der Waals surface area contributed by atoms with Crippen LogP contribution < -0.4 is 5.32 Å². The van der Waals surface area contributed by atoms with Crippen molar-refractivity contribution in [2.75, 3.05) is 19.3 Å². The Morgan fingerprint density at radius 2 is 1.88 bits per heavy atom. The lowest BCUT2D eigenvalue weighted by atomic mass is 10.1. The van der Waals surface area contributed by atoms with Crippen molar-refractivity contribution in [3.05, 3.63) is 59.3 Å². The molecule has 0 spiro atoms. The van der Waals surface area contributed by atoms with Crippen LogP contribution in [0.2, 0.25) is 0 Å². The number of pyridine rings is 1. The molecule has 1 saturated heterocycles. The van der Waals surface area contributed by atoms with Crippen molar-refractivity contribution in [1.82, 2.24) is 15.2 Å². The van der Waals surface area contributed by atoms with E-state index in [1.807, 2.05) is 12.3 Å². The van der Waals surface area contributed by atoms with E-state index >= 15 is 0 Å². The van der Waals surface area contributed by atoms with Crippen molar-refractivity contribution >= 4 is 17.7 Å². The van der Waals surface area contributed by atoms with Gasteiger partial charge in [-0.05, 0) is 55.4 Å². The van der Waals surface area contributed by atoms with Crippen molar-refractivity contribution in [2.45, 2.75) is 31.0 Å². The van der Waals surface area contributed by atoms with Gasteiger partial charge in [-0.1, -0.05) is 24.3 Å². The Balaban J connectivity index is 1.55. The van der Waals surface area contributed by atoms with Crippen molar-refractivity contribution in [1.29, 1.82) is 0 Å². The number of likely N-dealkylation sites (tertiary alicyclic amines) is 1. The summed E-state index contributed by atoms with van der Waals surface area (Å²) < 4.78 is 0. The van der Waals surface area contributed by atoms with Crippen LogP contribution in [0.15, 0.2) is 47.6 Å². The van der Waals surface area contributed by atoms with Crippen LogP contribution in [0.5, 0.6) is 0 Å². The number of thioether (sulfide) groups is 1. The molecule has 0 unspecified atom stereocenters. The van der Waals surface area contributed by atoms with Gasteiger partial charge in [-0.2, -0.15) is 0 Å². The minimum atomic E-state index is -0.0754. The molecule has 5 heteroatoms. The normalized spacial score (nSPS) is 14.7. The van der Waals surface area contributed by atoms with Crippen LogP contribution in [0.25, 0.3) is 0 Å². The zero-order valence-electron chi connectivity index (χ0n) is 14.0. The lowest BCUT2D eigenvalue weighted by Crippen LogP contribution is -2.23. The van der Waals surface area contributed by atoms with E-state index in [1.165, 1.54) is 43.3 Å². The number of carbonyl (C=O) groups excluding carboxylic acids is 1. The predicted octanol–water partition coefficient (Wildman–Crippen LogP) is 3.33. The number of aromatic nitrogens is 1. The molecule has 0 bridgehead atoms. The third-order valence-corrected chi connectivity index (χ3v) is 5.00. The average Bonchev–Trinajstić information content (AvgIpc) is 3.14. The van der Waals surface area contributed by atoms with E-state index in [0.717, 1.165) is 17.1 Å². The highest BCUT2D eigenvalue weighted by molar-refractivity contribution is 7.98. The van der Waals surface area contributed by atoms with Gasteiger partial charge in [0.15, 0.2) is 0 Å². The first-order chi connectivity index (χ1) is 11.8. The van der Waals surface area contributed by atoms with Crippen LogP contribution in [-0.4, -0.2) is 35.1 Å². The molecular weight excluding hydrogens is 318 g/mol. The third-order valence-electron chi connectivity index (χ3n) is 4.29. The molecule has 0 aliphatic carbocycles. The number of benzene rings is 1. The maximum absolute atomic E-state index is 12.3. The second-order valence-corrected chi connectivity index (χ2v) is 6.84. The van der Waals surface area contributed by atoms with Crippen LogP contribution >= 0.6 is 11.8 Å². The Labute approximate surface area is 147 Å². The van der Waals surface area contributed by atoms with Gasteiger partial charge in [0.2, 0.25) is 0 Å². The lowest BCUT2D eigenvalue weighted by molar-refractivity contribution is 0.0947. The second-order valence-electron chi connectivity index (χ2n) is 6.04. The molecule has 126 valence electrons. The zero-order chi connectivity index (χ0) is 16.8. The summed E-state index contributed by atoms with van der Waals surface area (Å²) in [5, 5.41) is 3.74. The minimum absolute atomic E-state index is 0.0754. The number of nitrogens with one attached hydrogen (secondary N) is 1. The summed E-state index contributed by atoms with van der Waals surface area (Å²) >= 11 is 1.49. The van der Waals surface area contributed by atoms with Gasteiger partial charge in [-0.15, -0.1) is 11.8 Å². The monoisotopic (exact) mass is 341 g/mol. The van der Waals surface area contributed by atoms with E-state index in [1.54, 1.807) is 12.3 Å². The molecule has 1 N–H and O–H groups in total. The van der Waals surface area contributed by atoms with Gasteiger partial charge in [-0.3, -0.25) is 9.69 Å². The SMILES string of the molecule is CSc1ncccc1C(=O)NCc1ccc(CN2CCCC2)cc1. The van der Waals surface area contributed by atoms with Gasteiger partial charge >= 0.3 is 0 Å². The van der Waals surface area contributed by atoms with Crippen molar-refractivity contribution in [3.8, 4) is 0 Å². The standard InChI is InChI=1S/C19H23N3OS/c1-24-19-17(5-4-10-20-19)18(23)21-13-15-6-8-16(9-7-15)14-22-11-2-3-12-22/h4-10H,2-3,11-14H2,1H3,(H,21,23). The Hall–Kier alpha value is -1.85. The Kier molecular flexibility index (Phi) is 5.88. The molecule has 1 aliphatic heterocycles. The fourth-order valence-electron chi connectivity index (χ4n) is 2.97. The number of amides is 1. The number of hydrogen-bond acceptors (Lipinski definition) is 4. The third kappa shape index (κ3) is 4.36. The summed E-state index contributed by atoms with van der Waals surface area (Å²) in [5.41, 5.74) is 3.09. The van der Waals surface area contributed by atoms with Gasteiger partial charge < -0.3 is 5.32 Å².